The number of fused-ring (bicyclic) bond motifs is 2. The van der Waals surface area contributed by atoms with Gasteiger partial charge in [0.05, 0.1) is 12.2 Å². The van der Waals surface area contributed by atoms with Crippen LogP contribution in [0.5, 0.6) is 0 Å². The third-order valence-corrected chi connectivity index (χ3v) is 5.84. The van der Waals surface area contributed by atoms with Crippen molar-refractivity contribution in [1.82, 2.24) is 24.6 Å². The topological polar surface area (TPSA) is 54.3 Å². The van der Waals surface area contributed by atoms with E-state index in [1.807, 2.05) is 58.1 Å². The third-order valence-electron chi connectivity index (χ3n) is 5.59. The Morgan fingerprint density at radius 3 is 2.63 bits per heavy atom. The van der Waals surface area contributed by atoms with Crippen molar-refractivity contribution < 1.29 is 4.79 Å². The van der Waals surface area contributed by atoms with Crippen molar-refractivity contribution in [2.75, 3.05) is 20.1 Å². The molecule has 1 saturated heterocycles. The summed E-state index contributed by atoms with van der Waals surface area (Å²) in [6.07, 6.45) is 1.73. The van der Waals surface area contributed by atoms with Crippen LogP contribution in [0.4, 0.5) is 0 Å². The molecule has 2 aliphatic rings. The van der Waals surface area contributed by atoms with Gasteiger partial charge in [0, 0.05) is 24.3 Å². The maximum absolute atomic E-state index is 13.3. The van der Waals surface area contributed by atoms with Crippen molar-refractivity contribution in [1.29, 1.82) is 0 Å². The van der Waals surface area contributed by atoms with Crippen LogP contribution < -0.4 is 0 Å². The number of hydrogen-bond donors (Lipinski definition) is 0. The molecule has 0 N–H and O–H groups in total. The van der Waals surface area contributed by atoms with E-state index in [0.717, 1.165) is 17.8 Å². The number of carbonyl (C=O) groups is 1. The Balaban J connectivity index is 1.65. The smallest absolute Gasteiger partial charge is 0.274 e. The van der Waals surface area contributed by atoms with E-state index in [-0.39, 0.29) is 5.91 Å². The maximum atomic E-state index is 13.3. The Labute approximate surface area is 162 Å². The average Bonchev–Trinajstić information content (AvgIpc) is 3.26. The number of benzene rings is 1. The van der Waals surface area contributed by atoms with Crippen molar-refractivity contribution in [3.05, 3.63) is 71.0 Å². The highest BCUT2D eigenvalue weighted by Gasteiger charge is 2.53. The van der Waals surface area contributed by atoms with Gasteiger partial charge in [0.1, 0.15) is 17.1 Å². The predicted molar refractivity (Wildman–Crippen MR) is 102 cm³/mol. The lowest BCUT2D eigenvalue weighted by Gasteiger charge is -2.45. The van der Waals surface area contributed by atoms with Crippen LogP contribution in [-0.2, 0) is 12.2 Å². The van der Waals surface area contributed by atoms with Gasteiger partial charge in [0.25, 0.3) is 5.91 Å². The first-order chi connectivity index (χ1) is 13.1. The SMILES string of the molecule is CN1CCN2C(=O)c3cc(-c4ccccn4)nn3CC12c1ccc(Cl)cc1. The lowest BCUT2D eigenvalue weighted by atomic mass is 9.95. The highest BCUT2D eigenvalue weighted by Crippen LogP contribution is 2.42. The molecule has 1 unspecified atom stereocenters. The first kappa shape index (κ1) is 16.5. The Kier molecular flexibility index (Phi) is 3.60. The molecule has 1 fully saturated rings. The van der Waals surface area contributed by atoms with E-state index in [1.54, 1.807) is 6.20 Å². The molecule has 4 heterocycles. The number of pyridine rings is 1. The standard InChI is InChI=1S/C20H18ClN5O/c1-24-10-11-25-19(27)18-12-17(16-4-2-3-9-22-16)23-26(18)13-20(24,25)14-5-7-15(21)8-6-14/h2-9,12H,10-11,13H2,1H3. The van der Waals surface area contributed by atoms with Crippen molar-refractivity contribution in [2.45, 2.75) is 12.2 Å². The first-order valence-corrected chi connectivity index (χ1v) is 9.26. The molecule has 1 atom stereocenters. The van der Waals surface area contributed by atoms with Crippen LogP contribution in [0, 0.1) is 0 Å². The summed E-state index contributed by atoms with van der Waals surface area (Å²) in [6, 6.07) is 15.3. The van der Waals surface area contributed by atoms with E-state index in [4.69, 9.17) is 16.7 Å². The minimum atomic E-state index is -0.553. The summed E-state index contributed by atoms with van der Waals surface area (Å²) in [7, 11) is 2.05. The zero-order chi connectivity index (χ0) is 18.6. The van der Waals surface area contributed by atoms with Gasteiger partial charge in [-0.15, -0.1) is 0 Å². The molecule has 136 valence electrons. The molecule has 1 aromatic carbocycles. The largest absolute Gasteiger partial charge is 0.312 e. The minimum Gasteiger partial charge on any atom is -0.312 e. The summed E-state index contributed by atoms with van der Waals surface area (Å²) in [6.45, 7) is 2.06. The number of carbonyl (C=O) groups excluding carboxylic acids is 1. The highest BCUT2D eigenvalue weighted by molar-refractivity contribution is 6.30. The second kappa shape index (κ2) is 5.90. The van der Waals surface area contributed by atoms with Gasteiger partial charge < -0.3 is 4.90 Å². The Bertz CT molecular complexity index is 1020. The number of halogens is 1. The van der Waals surface area contributed by atoms with Crippen molar-refractivity contribution in [2.24, 2.45) is 0 Å². The lowest BCUT2D eigenvalue weighted by molar-refractivity contribution is -0.00432. The Hall–Kier alpha value is -2.70. The molecule has 5 rings (SSSR count). The van der Waals surface area contributed by atoms with Crippen LogP contribution in [-0.4, -0.2) is 50.6 Å². The van der Waals surface area contributed by atoms with Crippen molar-refractivity contribution in [3.8, 4) is 11.4 Å². The number of aromatic nitrogens is 3. The van der Waals surface area contributed by atoms with Gasteiger partial charge in [-0.2, -0.15) is 5.10 Å². The van der Waals surface area contributed by atoms with Gasteiger partial charge in [0.2, 0.25) is 0 Å². The summed E-state index contributed by atoms with van der Waals surface area (Å²) in [5, 5.41) is 5.39. The van der Waals surface area contributed by atoms with Crippen LogP contribution >= 0.6 is 11.6 Å². The fourth-order valence-electron chi connectivity index (χ4n) is 4.18. The average molecular weight is 380 g/mol. The van der Waals surface area contributed by atoms with Crippen LogP contribution in [0.3, 0.4) is 0 Å². The molecule has 2 aliphatic heterocycles. The van der Waals surface area contributed by atoms with E-state index in [9.17, 15) is 4.79 Å². The number of hydrogen-bond acceptors (Lipinski definition) is 4. The quantitative estimate of drug-likeness (QED) is 0.687. The fraction of sp³-hybridized carbons (Fsp3) is 0.250. The molecule has 0 saturated carbocycles. The normalized spacial score (nSPS) is 22.0. The van der Waals surface area contributed by atoms with E-state index < -0.39 is 5.66 Å². The molecule has 0 bridgehead atoms. The van der Waals surface area contributed by atoms with Crippen LogP contribution in [0.1, 0.15) is 16.1 Å². The summed E-state index contributed by atoms with van der Waals surface area (Å²) in [5.74, 6) is -0.00442. The lowest BCUT2D eigenvalue weighted by Crippen LogP contribution is -2.58. The van der Waals surface area contributed by atoms with E-state index in [1.165, 1.54) is 0 Å². The first-order valence-electron chi connectivity index (χ1n) is 8.88. The van der Waals surface area contributed by atoms with Gasteiger partial charge in [-0.25, -0.2) is 0 Å². The summed E-state index contributed by atoms with van der Waals surface area (Å²) < 4.78 is 1.82. The van der Waals surface area contributed by atoms with Crippen LogP contribution in [0.15, 0.2) is 54.7 Å². The van der Waals surface area contributed by atoms with Crippen LogP contribution in [0.2, 0.25) is 5.02 Å². The fourth-order valence-corrected chi connectivity index (χ4v) is 4.31. The van der Waals surface area contributed by atoms with Gasteiger partial charge in [-0.1, -0.05) is 29.8 Å². The maximum Gasteiger partial charge on any atom is 0.274 e. The second-order valence-corrected chi connectivity index (χ2v) is 7.43. The van der Waals surface area contributed by atoms with Crippen LogP contribution in [0.25, 0.3) is 11.4 Å². The number of amides is 1. The molecular formula is C20H18ClN5O. The molecule has 0 radical (unpaired) electrons. The zero-order valence-electron chi connectivity index (χ0n) is 14.8. The molecule has 6 nitrogen and oxygen atoms in total. The van der Waals surface area contributed by atoms with Crippen molar-refractivity contribution in [3.63, 3.8) is 0 Å². The number of likely N-dealkylation sites (N-methyl/N-ethyl adjacent to an activating group) is 1. The monoisotopic (exact) mass is 379 g/mol. The molecule has 0 aliphatic carbocycles. The molecule has 7 heteroatoms. The van der Waals surface area contributed by atoms with Gasteiger partial charge >= 0.3 is 0 Å². The zero-order valence-corrected chi connectivity index (χ0v) is 15.6. The molecule has 0 spiro atoms. The third kappa shape index (κ3) is 2.33. The Morgan fingerprint density at radius 2 is 1.89 bits per heavy atom. The van der Waals surface area contributed by atoms with E-state index >= 15 is 0 Å². The number of nitrogens with zero attached hydrogens (tertiary/aromatic N) is 5. The molecule has 3 aromatic rings. The molecule has 1 amide bonds. The van der Waals surface area contributed by atoms with E-state index in [2.05, 4.69) is 16.9 Å². The number of rotatable bonds is 2. The molecular weight excluding hydrogens is 362 g/mol. The van der Waals surface area contributed by atoms with Gasteiger partial charge in [-0.05, 0) is 42.9 Å². The second-order valence-electron chi connectivity index (χ2n) is 6.99. The van der Waals surface area contributed by atoms with E-state index in [0.29, 0.717) is 29.5 Å². The highest BCUT2D eigenvalue weighted by atomic mass is 35.5. The minimum absolute atomic E-state index is 0.00442. The summed E-state index contributed by atoms with van der Waals surface area (Å²) >= 11 is 6.09. The van der Waals surface area contributed by atoms with Gasteiger partial charge in [0.15, 0.2) is 0 Å². The summed E-state index contributed by atoms with van der Waals surface area (Å²) in [4.78, 5) is 21.9. The summed E-state index contributed by atoms with van der Waals surface area (Å²) in [5.41, 5.74) is 2.58. The molecule has 27 heavy (non-hydrogen) atoms. The predicted octanol–water partition coefficient (Wildman–Crippen LogP) is 2.85. The molecule has 2 aromatic heterocycles. The van der Waals surface area contributed by atoms with Crippen molar-refractivity contribution >= 4 is 17.5 Å². The Morgan fingerprint density at radius 1 is 1.07 bits per heavy atom. The van der Waals surface area contributed by atoms with Gasteiger partial charge in [-0.3, -0.25) is 19.4 Å².